The number of rotatable bonds is 3. The highest BCUT2D eigenvalue weighted by Crippen LogP contribution is 2.28. The number of hydrogen-bond acceptors (Lipinski definition) is 3. The maximum atomic E-state index is 6.18. The zero-order valence-electron chi connectivity index (χ0n) is 11.5. The smallest absolute Gasteiger partial charge is 0.0576 e. The summed E-state index contributed by atoms with van der Waals surface area (Å²) in [5, 5.41) is 3.52. The first kappa shape index (κ1) is 13.0. The molecule has 2 aromatic carbocycles. The number of nitrogens with two attached hydrogens (primary N) is 1. The molecule has 0 bridgehead atoms. The van der Waals surface area contributed by atoms with Crippen LogP contribution in [0.3, 0.4) is 0 Å². The van der Waals surface area contributed by atoms with Crippen molar-refractivity contribution in [1.29, 1.82) is 0 Å². The van der Waals surface area contributed by atoms with Crippen molar-refractivity contribution in [3.05, 3.63) is 48.5 Å². The lowest BCUT2D eigenvalue weighted by Gasteiger charge is -2.25. The van der Waals surface area contributed by atoms with Gasteiger partial charge in [0.05, 0.1) is 11.4 Å². The summed E-state index contributed by atoms with van der Waals surface area (Å²) in [6, 6.07) is 17.0. The summed E-state index contributed by atoms with van der Waals surface area (Å²) in [5.74, 6) is 0. The van der Waals surface area contributed by atoms with Crippen molar-refractivity contribution in [1.82, 2.24) is 0 Å². The number of benzene rings is 2. The summed E-state index contributed by atoms with van der Waals surface area (Å²) in [5.41, 5.74) is 10.4. The van der Waals surface area contributed by atoms with Crippen LogP contribution in [0.15, 0.2) is 48.5 Å². The van der Waals surface area contributed by atoms with Crippen LogP contribution in [0.2, 0.25) is 0 Å². The van der Waals surface area contributed by atoms with E-state index in [9.17, 15) is 0 Å². The zero-order valence-corrected chi connectivity index (χ0v) is 11.5. The lowest BCUT2D eigenvalue weighted by atomic mass is 10.0. The standard InChI is InChI=1S/C17H20N2O/c18-16-12-14(13-4-2-1-3-5-13)6-7-17(16)19-15-8-10-20-11-9-15/h1-7,12,15,19H,8-11,18H2. The number of hydrogen-bond donors (Lipinski definition) is 2. The van der Waals surface area contributed by atoms with E-state index in [0.29, 0.717) is 6.04 Å². The summed E-state index contributed by atoms with van der Waals surface area (Å²) in [6.07, 6.45) is 2.08. The Bertz CT molecular complexity index is 562. The fraction of sp³-hybridized carbons (Fsp3) is 0.294. The van der Waals surface area contributed by atoms with Crippen molar-refractivity contribution in [3.63, 3.8) is 0 Å². The zero-order chi connectivity index (χ0) is 13.8. The maximum Gasteiger partial charge on any atom is 0.0576 e. The second-order valence-electron chi connectivity index (χ2n) is 5.20. The molecule has 0 atom stereocenters. The maximum absolute atomic E-state index is 6.18. The van der Waals surface area contributed by atoms with Gasteiger partial charge in [-0.25, -0.2) is 0 Å². The molecule has 1 fully saturated rings. The van der Waals surface area contributed by atoms with Gasteiger partial charge in [0, 0.05) is 19.3 Å². The Kier molecular flexibility index (Phi) is 3.88. The molecule has 1 aliphatic heterocycles. The van der Waals surface area contributed by atoms with E-state index in [1.165, 1.54) is 5.56 Å². The van der Waals surface area contributed by atoms with Crippen LogP contribution >= 0.6 is 0 Å². The van der Waals surface area contributed by atoms with Gasteiger partial charge in [0.25, 0.3) is 0 Å². The molecule has 104 valence electrons. The first-order valence-corrected chi connectivity index (χ1v) is 7.12. The third kappa shape index (κ3) is 2.94. The van der Waals surface area contributed by atoms with Crippen LogP contribution in [0.4, 0.5) is 11.4 Å². The fourth-order valence-corrected chi connectivity index (χ4v) is 2.57. The van der Waals surface area contributed by atoms with Crippen LogP contribution in [0.25, 0.3) is 11.1 Å². The number of nitrogens with one attached hydrogen (secondary N) is 1. The Balaban J connectivity index is 1.77. The molecule has 0 aliphatic carbocycles. The van der Waals surface area contributed by atoms with Gasteiger partial charge in [-0.3, -0.25) is 0 Å². The molecule has 0 amide bonds. The van der Waals surface area contributed by atoms with E-state index in [1.807, 2.05) is 24.3 Å². The fourth-order valence-electron chi connectivity index (χ4n) is 2.57. The van der Waals surface area contributed by atoms with Gasteiger partial charge in [0.15, 0.2) is 0 Å². The van der Waals surface area contributed by atoms with Gasteiger partial charge in [0.1, 0.15) is 0 Å². The molecule has 0 aromatic heterocycles. The molecular formula is C17H20N2O. The first-order chi connectivity index (χ1) is 9.83. The number of anilines is 2. The second-order valence-corrected chi connectivity index (χ2v) is 5.20. The van der Waals surface area contributed by atoms with Gasteiger partial charge >= 0.3 is 0 Å². The van der Waals surface area contributed by atoms with Crippen LogP contribution < -0.4 is 11.1 Å². The highest BCUT2D eigenvalue weighted by Gasteiger charge is 2.14. The van der Waals surface area contributed by atoms with E-state index in [4.69, 9.17) is 10.5 Å². The van der Waals surface area contributed by atoms with Gasteiger partial charge < -0.3 is 15.8 Å². The van der Waals surface area contributed by atoms with Gasteiger partial charge in [0.2, 0.25) is 0 Å². The Hall–Kier alpha value is -2.00. The third-order valence-corrected chi connectivity index (χ3v) is 3.74. The van der Waals surface area contributed by atoms with Crippen molar-refractivity contribution in [2.75, 3.05) is 24.3 Å². The molecule has 20 heavy (non-hydrogen) atoms. The molecular weight excluding hydrogens is 248 g/mol. The van der Waals surface area contributed by atoms with E-state index in [0.717, 1.165) is 43.0 Å². The monoisotopic (exact) mass is 268 g/mol. The molecule has 0 saturated carbocycles. The van der Waals surface area contributed by atoms with Crippen molar-refractivity contribution in [2.24, 2.45) is 0 Å². The summed E-state index contributed by atoms with van der Waals surface area (Å²) in [6.45, 7) is 1.67. The van der Waals surface area contributed by atoms with Crippen molar-refractivity contribution in [2.45, 2.75) is 18.9 Å². The first-order valence-electron chi connectivity index (χ1n) is 7.12. The SMILES string of the molecule is Nc1cc(-c2ccccc2)ccc1NC1CCOCC1. The summed E-state index contributed by atoms with van der Waals surface area (Å²) in [7, 11) is 0. The third-order valence-electron chi connectivity index (χ3n) is 3.74. The molecule has 3 nitrogen and oxygen atoms in total. The molecule has 3 rings (SSSR count). The number of nitrogen functional groups attached to an aromatic ring is 1. The van der Waals surface area contributed by atoms with Crippen LogP contribution in [0, 0.1) is 0 Å². The van der Waals surface area contributed by atoms with Crippen molar-refractivity contribution >= 4 is 11.4 Å². The Morgan fingerprint density at radius 1 is 0.950 bits per heavy atom. The van der Waals surface area contributed by atoms with Gasteiger partial charge in [-0.05, 0) is 36.1 Å². The highest BCUT2D eigenvalue weighted by atomic mass is 16.5. The normalized spacial score (nSPS) is 16.0. The average Bonchev–Trinajstić information content (AvgIpc) is 2.51. The molecule has 0 radical (unpaired) electrons. The predicted octanol–water partition coefficient (Wildman–Crippen LogP) is 3.53. The van der Waals surface area contributed by atoms with Crippen LogP contribution in [-0.2, 0) is 4.74 Å². The minimum atomic E-state index is 0.466. The Morgan fingerprint density at radius 2 is 1.70 bits per heavy atom. The highest BCUT2D eigenvalue weighted by molar-refractivity contribution is 5.76. The summed E-state index contributed by atoms with van der Waals surface area (Å²) >= 11 is 0. The lowest BCUT2D eigenvalue weighted by molar-refractivity contribution is 0.0904. The molecule has 0 unspecified atom stereocenters. The van der Waals surface area contributed by atoms with E-state index >= 15 is 0 Å². The Labute approximate surface area is 119 Å². The van der Waals surface area contributed by atoms with Gasteiger partial charge in [-0.2, -0.15) is 0 Å². The van der Waals surface area contributed by atoms with Crippen molar-refractivity contribution in [3.8, 4) is 11.1 Å². The van der Waals surface area contributed by atoms with E-state index in [1.54, 1.807) is 0 Å². The summed E-state index contributed by atoms with van der Waals surface area (Å²) < 4.78 is 5.37. The molecule has 2 aromatic rings. The van der Waals surface area contributed by atoms with E-state index < -0.39 is 0 Å². The largest absolute Gasteiger partial charge is 0.397 e. The van der Waals surface area contributed by atoms with Crippen LogP contribution in [0.5, 0.6) is 0 Å². The minimum absolute atomic E-state index is 0.466. The molecule has 3 N–H and O–H groups in total. The van der Waals surface area contributed by atoms with Gasteiger partial charge in [-0.1, -0.05) is 36.4 Å². The van der Waals surface area contributed by atoms with Gasteiger partial charge in [-0.15, -0.1) is 0 Å². The lowest BCUT2D eigenvalue weighted by Crippen LogP contribution is -2.28. The quantitative estimate of drug-likeness (QED) is 0.837. The Morgan fingerprint density at radius 3 is 2.40 bits per heavy atom. The van der Waals surface area contributed by atoms with Crippen molar-refractivity contribution < 1.29 is 4.74 Å². The van der Waals surface area contributed by atoms with E-state index in [-0.39, 0.29) is 0 Å². The summed E-state index contributed by atoms with van der Waals surface area (Å²) in [4.78, 5) is 0. The predicted molar refractivity (Wildman–Crippen MR) is 83.8 cm³/mol. The average molecular weight is 268 g/mol. The number of ether oxygens (including phenoxy) is 1. The van der Waals surface area contributed by atoms with Crippen LogP contribution in [-0.4, -0.2) is 19.3 Å². The molecule has 0 spiro atoms. The van der Waals surface area contributed by atoms with Crippen LogP contribution in [0.1, 0.15) is 12.8 Å². The molecule has 1 aliphatic rings. The minimum Gasteiger partial charge on any atom is -0.397 e. The molecule has 3 heteroatoms. The molecule has 1 saturated heterocycles. The second kappa shape index (κ2) is 5.97. The topological polar surface area (TPSA) is 47.3 Å². The molecule has 1 heterocycles. The van der Waals surface area contributed by atoms with E-state index in [2.05, 4.69) is 29.6 Å².